The Labute approximate surface area is 133 Å². The van der Waals surface area contributed by atoms with Crippen LogP contribution < -0.4 is 0 Å². The molecule has 0 radical (unpaired) electrons. The van der Waals surface area contributed by atoms with Gasteiger partial charge in [-0.3, -0.25) is 0 Å². The van der Waals surface area contributed by atoms with Gasteiger partial charge in [-0.25, -0.2) is 4.98 Å². The molecule has 3 rings (SSSR count). The van der Waals surface area contributed by atoms with Gasteiger partial charge in [0.1, 0.15) is 5.82 Å². The predicted molar refractivity (Wildman–Crippen MR) is 89.5 cm³/mol. The van der Waals surface area contributed by atoms with Crippen LogP contribution in [0.4, 0.5) is 0 Å². The normalized spacial score (nSPS) is 18.9. The van der Waals surface area contributed by atoms with E-state index in [4.69, 9.17) is 0 Å². The van der Waals surface area contributed by atoms with Gasteiger partial charge in [0, 0.05) is 24.3 Å². The first-order chi connectivity index (χ1) is 9.83. The Morgan fingerprint density at radius 3 is 2.70 bits per heavy atom. The summed E-state index contributed by atoms with van der Waals surface area (Å²) in [5.41, 5.74) is 0.406. The van der Waals surface area contributed by atoms with Gasteiger partial charge in [0.15, 0.2) is 0 Å². The van der Waals surface area contributed by atoms with Crippen molar-refractivity contribution in [2.75, 3.05) is 5.33 Å². The van der Waals surface area contributed by atoms with Gasteiger partial charge in [-0.2, -0.15) is 0 Å². The number of aromatic nitrogens is 2. The molecule has 20 heavy (non-hydrogen) atoms. The minimum absolute atomic E-state index is 0.406. The van der Waals surface area contributed by atoms with Gasteiger partial charge < -0.3 is 4.57 Å². The fourth-order valence-electron chi connectivity index (χ4n) is 3.24. The lowest BCUT2D eigenvalue weighted by molar-refractivity contribution is 0.244. The number of hydrogen-bond donors (Lipinski definition) is 0. The number of thiophene rings is 1. The van der Waals surface area contributed by atoms with Crippen molar-refractivity contribution in [3.05, 3.63) is 29.9 Å². The Hall–Kier alpha value is -0.610. The van der Waals surface area contributed by atoms with Crippen LogP contribution in [-0.4, -0.2) is 14.9 Å². The highest BCUT2D eigenvalue weighted by Crippen LogP contribution is 2.39. The predicted octanol–water partition coefficient (Wildman–Crippen LogP) is 5.35. The van der Waals surface area contributed by atoms with E-state index in [0.29, 0.717) is 5.41 Å². The van der Waals surface area contributed by atoms with Crippen LogP contribution in [0.2, 0.25) is 0 Å². The third-order valence-electron chi connectivity index (χ3n) is 4.41. The van der Waals surface area contributed by atoms with Gasteiger partial charge in [0.2, 0.25) is 0 Å². The average molecular weight is 353 g/mol. The van der Waals surface area contributed by atoms with Crippen LogP contribution in [-0.2, 0) is 6.54 Å². The number of halogens is 1. The summed E-state index contributed by atoms with van der Waals surface area (Å²) in [6.45, 7) is 1.09. The molecule has 0 atom stereocenters. The van der Waals surface area contributed by atoms with Gasteiger partial charge in [-0.05, 0) is 29.7 Å². The van der Waals surface area contributed by atoms with Gasteiger partial charge in [0.05, 0.1) is 4.88 Å². The number of rotatable bonds is 4. The smallest absolute Gasteiger partial charge is 0.150 e. The molecule has 2 heterocycles. The summed E-state index contributed by atoms with van der Waals surface area (Å²) < 4.78 is 2.36. The van der Waals surface area contributed by atoms with Crippen molar-refractivity contribution in [3.8, 4) is 10.7 Å². The average Bonchev–Trinajstić information content (AvgIpc) is 3.07. The van der Waals surface area contributed by atoms with Gasteiger partial charge in [0.25, 0.3) is 0 Å². The molecule has 0 spiro atoms. The zero-order valence-electron chi connectivity index (χ0n) is 11.7. The van der Waals surface area contributed by atoms with Crippen molar-refractivity contribution >= 4 is 27.3 Å². The van der Waals surface area contributed by atoms with Crippen molar-refractivity contribution in [3.63, 3.8) is 0 Å². The van der Waals surface area contributed by atoms with Crippen LogP contribution in [0, 0.1) is 5.41 Å². The summed E-state index contributed by atoms with van der Waals surface area (Å²) in [6, 6.07) is 4.27. The molecule has 4 heteroatoms. The maximum Gasteiger partial charge on any atom is 0.150 e. The quantitative estimate of drug-likeness (QED) is 0.535. The van der Waals surface area contributed by atoms with Crippen LogP contribution in [0.5, 0.6) is 0 Å². The van der Waals surface area contributed by atoms with Crippen LogP contribution >= 0.6 is 27.3 Å². The highest BCUT2D eigenvalue weighted by Gasteiger charge is 2.31. The van der Waals surface area contributed by atoms with Crippen molar-refractivity contribution in [1.29, 1.82) is 0 Å². The molecular weight excluding hydrogens is 332 g/mol. The molecule has 0 unspecified atom stereocenters. The first-order valence-electron chi connectivity index (χ1n) is 7.44. The van der Waals surface area contributed by atoms with Crippen LogP contribution in [0.3, 0.4) is 0 Å². The molecule has 1 aliphatic carbocycles. The van der Waals surface area contributed by atoms with E-state index in [0.717, 1.165) is 17.7 Å². The molecule has 0 aliphatic heterocycles. The maximum absolute atomic E-state index is 4.57. The lowest BCUT2D eigenvalue weighted by Gasteiger charge is -2.31. The highest BCUT2D eigenvalue weighted by molar-refractivity contribution is 9.09. The van der Waals surface area contributed by atoms with Crippen LogP contribution in [0.15, 0.2) is 29.9 Å². The zero-order chi connectivity index (χ0) is 13.8. The lowest BCUT2D eigenvalue weighted by atomic mass is 9.82. The van der Waals surface area contributed by atoms with E-state index in [-0.39, 0.29) is 0 Å². The first kappa shape index (κ1) is 14.3. The van der Waals surface area contributed by atoms with Crippen molar-refractivity contribution < 1.29 is 0 Å². The Morgan fingerprint density at radius 2 is 2.05 bits per heavy atom. The summed E-state index contributed by atoms with van der Waals surface area (Å²) in [6.07, 6.45) is 12.3. The van der Waals surface area contributed by atoms with E-state index < -0.39 is 0 Å². The Balaban J connectivity index is 1.84. The first-order valence-corrected chi connectivity index (χ1v) is 9.44. The Bertz CT molecular complexity index is 524. The minimum Gasteiger partial charge on any atom is -0.330 e. The van der Waals surface area contributed by atoms with E-state index in [1.165, 1.54) is 43.4 Å². The van der Waals surface area contributed by atoms with Crippen LogP contribution in [0.1, 0.15) is 38.5 Å². The van der Waals surface area contributed by atoms with E-state index in [1.54, 1.807) is 11.3 Å². The summed E-state index contributed by atoms with van der Waals surface area (Å²) in [7, 11) is 0. The summed E-state index contributed by atoms with van der Waals surface area (Å²) >= 11 is 5.56. The van der Waals surface area contributed by atoms with Crippen molar-refractivity contribution in [2.45, 2.75) is 45.1 Å². The van der Waals surface area contributed by atoms with E-state index >= 15 is 0 Å². The molecule has 0 bridgehead atoms. The molecule has 2 nitrogen and oxygen atoms in total. The molecule has 1 fully saturated rings. The van der Waals surface area contributed by atoms with Crippen LogP contribution in [0.25, 0.3) is 10.7 Å². The molecule has 1 aliphatic rings. The summed E-state index contributed by atoms with van der Waals surface area (Å²) in [5.74, 6) is 1.13. The van der Waals surface area contributed by atoms with Gasteiger partial charge in [-0.15, -0.1) is 11.3 Å². The molecule has 0 aromatic carbocycles. The SMILES string of the molecule is BrCC1(Cn2ccnc2-c2cccs2)CCCCCC1. The number of nitrogens with zero attached hydrogens (tertiary/aromatic N) is 2. The summed E-state index contributed by atoms with van der Waals surface area (Å²) in [5, 5.41) is 3.22. The van der Waals surface area contributed by atoms with E-state index in [2.05, 4.69) is 49.2 Å². The fraction of sp³-hybridized carbons (Fsp3) is 0.562. The second kappa shape index (κ2) is 6.44. The highest BCUT2D eigenvalue weighted by atomic mass is 79.9. The molecular formula is C16H21BrN2S. The third-order valence-corrected chi connectivity index (χ3v) is 6.47. The molecule has 0 amide bonds. The molecule has 2 aromatic heterocycles. The fourth-order valence-corrected chi connectivity index (χ4v) is 4.72. The van der Waals surface area contributed by atoms with E-state index in [9.17, 15) is 0 Å². The zero-order valence-corrected chi connectivity index (χ0v) is 14.1. The molecule has 108 valence electrons. The largest absolute Gasteiger partial charge is 0.330 e. The second-order valence-electron chi connectivity index (χ2n) is 5.90. The molecule has 0 N–H and O–H groups in total. The number of alkyl halides is 1. The van der Waals surface area contributed by atoms with E-state index in [1.807, 2.05) is 6.20 Å². The molecule has 2 aromatic rings. The van der Waals surface area contributed by atoms with Crippen molar-refractivity contribution in [2.24, 2.45) is 5.41 Å². The molecule has 1 saturated carbocycles. The monoisotopic (exact) mass is 352 g/mol. The standard InChI is InChI=1S/C16H21BrN2S/c17-12-16(7-3-1-2-4-8-16)13-19-10-9-18-15(19)14-6-5-11-20-14/h5-6,9-11H,1-4,7-8,12-13H2. The molecule has 0 saturated heterocycles. The lowest BCUT2D eigenvalue weighted by Crippen LogP contribution is -2.28. The number of imidazole rings is 1. The van der Waals surface area contributed by atoms with Gasteiger partial charge >= 0.3 is 0 Å². The van der Waals surface area contributed by atoms with Crippen molar-refractivity contribution in [1.82, 2.24) is 9.55 Å². The third kappa shape index (κ3) is 3.01. The topological polar surface area (TPSA) is 17.8 Å². The minimum atomic E-state index is 0.406. The second-order valence-corrected chi connectivity index (χ2v) is 7.41. The Morgan fingerprint density at radius 1 is 1.25 bits per heavy atom. The van der Waals surface area contributed by atoms with Gasteiger partial charge in [-0.1, -0.05) is 47.7 Å². The maximum atomic E-state index is 4.57. The Kier molecular flexibility index (Phi) is 4.61. The summed E-state index contributed by atoms with van der Waals surface area (Å²) in [4.78, 5) is 5.84. The number of hydrogen-bond acceptors (Lipinski definition) is 2.